The summed E-state index contributed by atoms with van der Waals surface area (Å²) >= 11 is 0. The molecule has 0 N–H and O–H groups in total. The Balaban J connectivity index is 1.42. The summed E-state index contributed by atoms with van der Waals surface area (Å²) in [5.74, 6) is 1.12. The van der Waals surface area contributed by atoms with Gasteiger partial charge < -0.3 is 4.43 Å². The number of fused-ring (bicyclic) bond motifs is 1. The smallest absolute Gasteiger partial charge is 0.186 e. The molecule has 0 aromatic heterocycles. The Bertz CT molecular complexity index is 329. The minimum absolute atomic E-state index is 0.822. The molecular formula is C22H44OSi. The SMILES string of the molecule is CCCC[Si](C)(C)OCCCCCCCCC12CCCC1CCC2. The van der Waals surface area contributed by atoms with Crippen molar-refractivity contribution in [3.8, 4) is 0 Å². The van der Waals surface area contributed by atoms with E-state index in [2.05, 4.69) is 20.0 Å². The van der Waals surface area contributed by atoms with Crippen molar-refractivity contribution in [3.05, 3.63) is 0 Å². The molecule has 0 heterocycles. The second kappa shape index (κ2) is 10.4. The van der Waals surface area contributed by atoms with E-state index in [4.69, 9.17) is 4.43 Å². The van der Waals surface area contributed by atoms with Crippen LogP contribution in [0.2, 0.25) is 19.1 Å². The summed E-state index contributed by atoms with van der Waals surface area (Å²) in [6.45, 7) is 8.08. The molecule has 2 aliphatic carbocycles. The van der Waals surface area contributed by atoms with Crippen LogP contribution < -0.4 is 0 Å². The lowest BCUT2D eigenvalue weighted by molar-refractivity contribution is 0.212. The minimum atomic E-state index is -1.33. The molecule has 0 unspecified atom stereocenters. The lowest BCUT2D eigenvalue weighted by Gasteiger charge is -2.29. The molecule has 24 heavy (non-hydrogen) atoms. The highest BCUT2D eigenvalue weighted by atomic mass is 28.4. The van der Waals surface area contributed by atoms with E-state index in [-0.39, 0.29) is 0 Å². The molecule has 0 bridgehead atoms. The molecule has 2 saturated carbocycles. The van der Waals surface area contributed by atoms with Gasteiger partial charge in [-0.2, -0.15) is 0 Å². The average Bonchev–Trinajstić information content (AvgIpc) is 3.11. The number of rotatable bonds is 13. The van der Waals surface area contributed by atoms with E-state index in [1.807, 2.05) is 0 Å². The zero-order chi connectivity index (χ0) is 17.3. The van der Waals surface area contributed by atoms with E-state index in [1.165, 1.54) is 70.3 Å². The molecular weight excluding hydrogens is 308 g/mol. The van der Waals surface area contributed by atoms with E-state index in [0.717, 1.165) is 17.9 Å². The standard InChI is InChI=1S/C22H44OSi/c1-4-5-20-24(2,3)23-19-11-9-7-6-8-10-16-22-17-12-14-21(22)15-13-18-22/h21H,4-20H2,1-3H3. The topological polar surface area (TPSA) is 9.23 Å². The average molecular weight is 353 g/mol. The van der Waals surface area contributed by atoms with E-state index in [1.54, 1.807) is 32.1 Å². The number of hydrogen-bond donors (Lipinski definition) is 0. The predicted octanol–water partition coefficient (Wildman–Crippen LogP) is 7.71. The molecule has 142 valence electrons. The lowest BCUT2D eigenvalue weighted by Crippen LogP contribution is -2.30. The maximum absolute atomic E-state index is 6.21. The van der Waals surface area contributed by atoms with Crippen molar-refractivity contribution in [1.29, 1.82) is 0 Å². The third-order valence-electron chi connectivity index (χ3n) is 7.01. The number of unbranched alkanes of at least 4 members (excludes halogenated alkanes) is 6. The Morgan fingerprint density at radius 1 is 0.875 bits per heavy atom. The molecule has 1 nitrogen and oxygen atoms in total. The fourth-order valence-electron chi connectivity index (χ4n) is 5.45. The third kappa shape index (κ3) is 6.48. The molecule has 2 aliphatic rings. The van der Waals surface area contributed by atoms with Crippen LogP contribution in [0.15, 0.2) is 0 Å². The van der Waals surface area contributed by atoms with Crippen LogP contribution in [0.4, 0.5) is 0 Å². The van der Waals surface area contributed by atoms with Crippen LogP contribution in [0.1, 0.15) is 103 Å². The zero-order valence-corrected chi connectivity index (χ0v) is 18.0. The first-order chi connectivity index (χ1) is 11.6. The summed E-state index contributed by atoms with van der Waals surface area (Å²) in [4.78, 5) is 0. The Kier molecular flexibility index (Phi) is 8.84. The quantitative estimate of drug-likeness (QED) is 0.243. The van der Waals surface area contributed by atoms with Gasteiger partial charge in [0.25, 0.3) is 0 Å². The van der Waals surface area contributed by atoms with Crippen LogP contribution in [0, 0.1) is 11.3 Å². The first-order valence-electron chi connectivity index (χ1n) is 11.2. The molecule has 2 rings (SSSR count). The van der Waals surface area contributed by atoms with E-state index < -0.39 is 8.32 Å². The molecule has 0 aromatic carbocycles. The van der Waals surface area contributed by atoms with Gasteiger partial charge in [-0.15, -0.1) is 0 Å². The summed E-state index contributed by atoms with van der Waals surface area (Å²) in [7, 11) is -1.33. The van der Waals surface area contributed by atoms with E-state index in [0.29, 0.717) is 0 Å². The van der Waals surface area contributed by atoms with E-state index in [9.17, 15) is 0 Å². The highest BCUT2D eigenvalue weighted by Crippen LogP contribution is 2.56. The van der Waals surface area contributed by atoms with Gasteiger partial charge in [0.05, 0.1) is 0 Å². The summed E-state index contributed by atoms with van der Waals surface area (Å²) in [6, 6.07) is 1.34. The van der Waals surface area contributed by atoms with Crippen LogP contribution in [0.3, 0.4) is 0 Å². The lowest BCUT2D eigenvalue weighted by atomic mass is 9.76. The number of hydrogen-bond acceptors (Lipinski definition) is 1. The highest BCUT2D eigenvalue weighted by Gasteiger charge is 2.44. The molecule has 0 spiro atoms. The molecule has 2 fully saturated rings. The fraction of sp³-hybridized carbons (Fsp3) is 1.00. The molecule has 2 heteroatoms. The summed E-state index contributed by atoms with van der Waals surface area (Å²) in [5.41, 5.74) is 0.822. The van der Waals surface area contributed by atoms with Gasteiger partial charge in [0.1, 0.15) is 0 Å². The highest BCUT2D eigenvalue weighted by molar-refractivity contribution is 6.71. The van der Waals surface area contributed by atoms with Crippen LogP contribution in [0.25, 0.3) is 0 Å². The van der Waals surface area contributed by atoms with Gasteiger partial charge in [-0.1, -0.05) is 64.7 Å². The normalized spacial score (nSPS) is 26.9. The van der Waals surface area contributed by atoms with Gasteiger partial charge in [0.2, 0.25) is 0 Å². The Hall–Kier alpha value is 0.177. The van der Waals surface area contributed by atoms with Gasteiger partial charge in [0, 0.05) is 6.61 Å². The van der Waals surface area contributed by atoms with Gasteiger partial charge in [0.15, 0.2) is 8.32 Å². The molecule has 0 saturated heterocycles. The summed E-state index contributed by atoms with van der Waals surface area (Å²) in [5, 5.41) is 0. The molecule has 0 aromatic rings. The Morgan fingerprint density at radius 3 is 2.17 bits per heavy atom. The predicted molar refractivity (Wildman–Crippen MR) is 109 cm³/mol. The van der Waals surface area contributed by atoms with Crippen LogP contribution >= 0.6 is 0 Å². The summed E-state index contributed by atoms with van der Waals surface area (Å²) < 4.78 is 6.21. The zero-order valence-electron chi connectivity index (χ0n) is 17.0. The maximum Gasteiger partial charge on any atom is 0.186 e. The van der Waals surface area contributed by atoms with Crippen molar-refractivity contribution < 1.29 is 4.43 Å². The van der Waals surface area contributed by atoms with E-state index >= 15 is 0 Å². The van der Waals surface area contributed by atoms with Crippen molar-refractivity contribution in [2.75, 3.05) is 6.61 Å². The van der Waals surface area contributed by atoms with Crippen molar-refractivity contribution >= 4 is 8.32 Å². The van der Waals surface area contributed by atoms with Crippen molar-refractivity contribution in [1.82, 2.24) is 0 Å². The first kappa shape index (κ1) is 20.5. The van der Waals surface area contributed by atoms with Gasteiger partial charge >= 0.3 is 0 Å². The maximum atomic E-state index is 6.21. The monoisotopic (exact) mass is 352 g/mol. The van der Waals surface area contributed by atoms with Crippen molar-refractivity contribution in [3.63, 3.8) is 0 Å². The molecule has 0 aliphatic heterocycles. The second-order valence-corrected chi connectivity index (χ2v) is 13.7. The summed E-state index contributed by atoms with van der Waals surface area (Å²) in [6.07, 6.45) is 22.0. The second-order valence-electron chi connectivity index (χ2n) is 9.43. The third-order valence-corrected chi connectivity index (χ3v) is 9.56. The molecule has 0 amide bonds. The molecule has 0 atom stereocenters. The van der Waals surface area contributed by atoms with Crippen molar-refractivity contribution in [2.24, 2.45) is 11.3 Å². The Morgan fingerprint density at radius 2 is 1.50 bits per heavy atom. The molecule has 0 radical (unpaired) electrons. The fourth-order valence-corrected chi connectivity index (χ4v) is 7.50. The van der Waals surface area contributed by atoms with Crippen molar-refractivity contribution in [2.45, 2.75) is 122 Å². The van der Waals surface area contributed by atoms with Crippen LogP contribution in [-0.2, 0) is 4.43 Å². The van der Waals surface area contributed by atoms with Gasteiger partial charge in [-0.25, -0.2) is 0 Å². The van der Waals surface area contributed by atoms with Crippen LogP contribution in [-0.4, -0.2) is 14.9 Å². The van der Waals surface area contributed by atoms with Gasteiger partial charge in [-0.3, -0.25) is 0 Å². The van der Waals surface area contributed by atoms with Crippen LogP contribution in [0.5, 0.6) is 0 Å². The minimum Gasteiger partial charge on any atom is -0.417 e. The first-order valence-corrected chi connectivity index (χ1v) is 14.3. The Labute approximate surface area is 153 Å². The van der Waals surface area contributed by atoms with Gasteiger partial charge in [-0.05, 0) is 69.0 Å². The largest absolute Gasteiger partial charge is 0.417 e.